The molecule has 0 saturated heterocycles. The average molecular weight is 192 g/mol. The lowest BCUT2D eigenvalue weighted by Gasteiger charge is -1.99. The Morgan fingerprint density at radius 3 is 2.79 bits per heavy atom. The molecular weight excluding hydrogens is 180 g/mol. The van der Waals surface area contributed by atoms with E-state index in [1.54, 1.807) is 13.2 Å². The molecule has 1 aromatic carbocycles. The topological polar surface area (TPSA) is 35.5 Å². The molecule has 14 heavy (non-hydrogen) atoms. The zero-order chi connectivity index (χ0) is 10.4. The number of carbonyl (C=O) groups excluding carboxylic acids is 1. The standard InChI is InChI=1S/C11H12O3/c1-13-10-5-3-4-9(8-10)6-7-11(12)14-2/h3-8H,1-2H3/b7-6-. The summed E-state index contributed by atoms with van der Waals surface area (Å²) in [6.45, 7) is 0. The van der Waals surface area contributed by atoms with Crippen LogP contribution in [0.2, 0.25) is 0 Å². The van der Waals surface area contributed by atoms with Crippen LogP contribution in [0.15, 0.2) is 30.3 Å². The van der Waals surface area contributed by atoms with Crippen molar-refractivity contribution in [2.75, 3.05) is 14.2 Å². The number of hydrogen-bond acceptors (Lipinski definition) is 3. The number of methoxy groups -OCH3 is 2. The van der Waals surface area contributed by atoms with E-state index in [9.17, 15) is 4.79 Å². The van der Waals surface area contributed by atoms with Crippen molar-refractivity contribution in [3.63, 3.8) is 0 Å². The van der Waals surface area contributed by atoms with Crippen LogP contribution >= 0.6 is 0 Å². The van der Waals surface area contributed by atoms with Crippen LogP contribution in [0.1, 0.15) is 5.56 Å². The first-order valence-corrected chi connectivity index (χ1v) is 4.16. The molecule has 1 rings (SSSR count). The molecule has 0 fully saturated rings. The highest BCUT2D eigenvalue weighted by Crippen LogP contribution is 2.13. The summed E-state index contributed by atoms with van der Waals surface area (Å²) in [5.41, 5.74) is 0.898. The summed E-state index contributed by atoms with van der Waals surface area (Å²) < 4.78 is 9.51. The molecule has 0 N–H and O–H groups in total. The molecule has 0 heterocycles. The van der Waals surface area contributed by atoms with Crippen molar-refractivity contribution in [3.05, 3.63) is 35.9 Å². The lowest BCUT2D eigenvalue weighted by Crippen LogP contribution is -1.93. The van der Waals surface area contributed by atoms with Crippen molar-refractivity contribution in [1.29, 1.82) is 0 Å². The van der Waals surface area contributed by atoms with E-state index in [4.69, 9.17) is 4.74 Å². The fourth-order valence-electron chi connectivity index (χ4n) is 0.977. The van der Waals surface area contributed by atoms with Gasteiger partial charge in [0, 0.05) is 6.08 Å². The largest absolute Gasteiger partial charge is 0.497 e. The minimum Gasteiger partial charge on any atom is -0.497 e. The predicted molar refractivity (Wildman–Crippen MR) is 54.0 cm³/mol. The number of ether oxygens (including phenoxy) is 2. The maximum Gasteiger partial charge on any atom is 0.330 e. The Bertz CT molecular complexity index is 342. The van der Waals surface area contributed by atoms with E-state index < -0.39 is 0 Å². The van der Waals surface area contributed by atoms with Crippen LogP contribution in [0, 0.1) is 0 Å². The second-order valence-electron chi connectivity index (χ2n) is 2.63. The van der Waals surface area contributed by atoms with E-state index in [1.165, 1.54) is 13.2 Å². The summed E-state index contributed by atoms with van der Waals surface area (Å²) in [4.78, 5) is 10.8. The highest BCUT2D eigenvalue weighted by molar-refractivity contribution is 5.86. The van der Waals surface area contributed by atoms with E-state index in [2.05, 4.69) is 4.74 Å². The molecule has 0 aliphatic carbocycles. The van der Waals surface area contributed by atoms with Crippen LogP contribution in [0.3, 0.4) is 0 Å². The van der Waals surface area contributed by atoms with Crippen molar-refractivity contribution in [1.82, 2.24) is 0 Å². The van der Waals surface area contributed by atoms with E-state index in [-0.39, 0.29) is 5.97 Å². The number of esters is 1. The van der Waals surface area contributed by atoms with Crippen molar-refractivity contribution >= 4 is 12.0 Å². The van der Waals surface area contributed by atoms with Crippen molar-refractivity contribution in [2.45, 2.75) is 0 Å². The Morgan fingerprint density at radius 2 is 2.14 bits per heavy atom. The van der Waals surface area contributed by atoms with Gasteiger partial charge >= 0.3 is 5.97 Å². The molecule has 0 bridgehead atoms. The van der Waals surface area contributed by atoms with E-state index in [0.29, 0.717) is 0 Å². The van der Waals surface area contributed by atoms with Gasteiger partial charge in [0.2, 0.25) is 0 Å². The highest BCUT2D eigenvalue weighted by Gasteiger charge is 1.93. The SMILES string of the molecule is COC(=O)/C=C\c1cccc(OC)c1. The third-order valence-corrected chi connectivity index (χ3v) is 1.71. The Balaban J connectivity index is 2.76. The van der Waals surface area contributed by atoms with E-state index in [1.807, 2.05) is 24.3 Å². The monoisotopic (exact) mass is 192 g/mol. The zero-order valence-electron chi connectivity index (χ0n) is 8.19. The van der Waals surface area contributed by atoms with Gasteiger partial charge in [0.25, 0.3) is 0 Å². The fourth-order valence-corrected chi connectivity index (χ4v) is 0.977. The van der Waals surface area contributed by atoms with Gasteiger partial charge < -0.3 is 9.47 Å². The number of carbonyl (C=O) groups is 1. The van der Waals surface area contributed by atoms with Gasteiger partial charge in [0.05, 0.1) is 14.2 Å². The Morgan fingerprint density at radius 1 is 1.36 bits per heavy atom. The average Bonchev–Trinajstić information content (AvgIpc) is 2.26. The van der Waals surface area contributed by atoms with Gasteiger partial charge in [0.15, 0.2) is 0 Å². The summed E-state index contributed by atoms with van der Waals surface area (Å²) in [5, 5.41) is 0. The minimum absolute atomic E-state index is 0.368. The second-order valence-corrected chi connectivity index (χ2v) is 2.63. The lowest BCUT2D eigenvalue weighted by atomic mass is 10.2. The molecule has 0 radical (unpaired) electrons. The van der Waals surface area contributed by atoms with Gasteiger partial charge in [-0.05, 0) is 23.8 Å². The van der Waals surface area contributed by atoms with Gasteiger partial charge in [-0.2, -0.15) is 0 Å². The molecule has 0 unspecified atom stereocenters. The van der Waals surface area contributed by atoms with Crippen molar-refractivity contribution in [3.8, 4) is 5.75 Å². The van der Waals surface area contributed by atoms with Crippen LogP contribution in [0.5, 0.6) is 5.75 Å². The summed E-state index contributed by atoms with van der Waals surface area (Å²) in [5.74, 6) is 0.393. The maximum absolute atomic E-state index is 10.8. The Hall–Kier alpha value is -1.77. The number of rotatable bonds is 3. The lowest BCUT2D eigenvalue weighted by molar-refractivity contribution is -0.134. The van der Waals surface area contributed by atoms with E-state index >= 15 is 0 Å². The quantitative estimate of drug-likeness (QED) is 0.542. The molecule has 3 nitrogen and oxygen atoms in total. The molecule has 0 spiro atoms. The smallest absolute Gasteiger partial charge is 0.330 e. The van der Waals surface area contributed by atoms with Gasteiger partial charge in [0.1, 0.15) is 5.75 Å². The molecule has 3 heteroatoms. The fraction of sp³-hybridized carbons (Fsp3) is 0.182. The molecule has 0 aliphatic heterocycles. The second kappa shape index (κ2) is 5.07. The highest BCUT2D eigenvalue weighted by atomic mass is 16.5. The molecule has 74 valence electrons. The molecule has 0 amide bonds. The summed E-state index contributed by atoms with van der Waals surface area (Å²) in [6.07, 6.45) is 3.04. The third-order valence-electron chi connectivity index (χ3n) is 1.71. The predicted octanol–water partition coefficient (Wildman–Crippen LogP) is 1.88. The van der Waals surface area contributed by atoms with Gasteiger partial charge in [-0.1, -0.05) is 12.1 Å². The van der Waals surface area contributed by atoms with Crippen LogP contribution in [0.4, 0.5) is 0 Å². The first-order chi connectivity index (χ1) is 6.76. The van der Waals surface area contributed by atoms with Gasteiger partial charge in [-0.3, -0.25) is 0 Å². The summed E-state index contributed by atoms with van der Waals surface area (Å²) in [7, 11) is 2.95. The Labute approximate surface area is 83.0 Å². The summed E-state index contributed by atoms with van der Waals surface area (Å²) >= 11 is 0. The normalized spacial score (nSPS) is 10.1. The van der Waals surface area contributed by atoms with Gasteiger partial charge in [-0.15, -0.1) is 0 Å². The molecule has 0 aliphatic rings. The van der Waals surface area contributed by atoms with Crippen LogP contribution < -0.4 is 4.74 Å². The molecule has 0 aromatic heterocycles. The molecule has 1 aromatic rings. The summed E-state index contributed by atoms with van der Waals surface area (Å²) in [6, 6.07) is 7.41. The third kappa shape index (κ3) is 2.94. The van der Waals surface area contributed by atoms with E-state index in [0.717, 1.165) is 11.3 Å². The first kappa shape index (κ1) is 10.3. The van der Waals surface area contributed by atoms with Crippen LogP contribution in [-0.2, 0) is 9.53 Å². The first-order valence-electron chi connectivity index (χ1n) is 4.16. The van der Waals surface area contributed by atoms with Gasteiger partial charge in [-0.25, -0.2) is 4.79 Å². The Kier molecular flexibility index (Phi) is 3.73. The maximum atomic E-state index is 10.8. The molecule has 0 atom stereocenters. The number of hydrogen-bond donors (Lipinski definition) is 0. The molecular formula is C11H12O3. The van der Waals surface area contributed by atoms with Crippen LogP contribution in [0.25, 0.3) is 6.08 Å². The minimum atomic E-state index is -0.368. The van der Waals surface area contributed by atoms with Crippen molar-refractivity contribution in [2.24, 2.45) is 0 Å². The zero-order valence-corrected chi connectivity index (χ0v) is 8.19. The number of benzene rings is 1. The van der Waals surface area contributed by atoms with Crippen LogP contribution in [-0.4, -0.2) is 20.2 Å². The van der Waals surface area contributed by atoms with Crippen molar-refractivity contribution < 1.29 is 14.3 Å². The molecule has 0 saturated carbocycles.